The maximum absolute atomic E-state index is 12.0. The summed E-state index contributed by atoms with van der Waals surface area (Å²) in [5.74, 6) is 2.39. The van der Waals surface area contributed by atoms with Crippen LogP contribution in [0.15, 0.2) is 0 Å². The smallest absolute Gasteiger partial charge is 0.286 e. The molecule has 0 radical (unpaired) electrons. The van der Waals surface area contributed by atoms with Crippen LogP contribution in [0.25, 0.3) is 0 Å². The highest BCUT2D eigenvalue weighted by Crippen LogP contribution is 2.51. The van der Waals surface area contributed by atoms with Crippen molar-refractivity contribution in [1.82, 2.24) is 0 Å². The van der Waals surface area contributed by atoms with Crippen molar-refractivity contribution in [3.8, 4) is 12.3 Å². The molecular formula is C10H19O4P. The topological polar surface area (TPSA) is 44.8 Å². The van der Waals surface area contributed by atoms with Crippen molar-refractivity contribution in [2.24, 2.45) is 0 Å². The maximum Gasteiger partial charge on any atom is 0.475 e. The van der Waals surface area contributed by atoms with Crippen molar-refractivity contribution in [3.63, 3.8) is 0 Å². The van der Waals surface area contributed by atoms with Crippen LogP contribution in [0.2, 0.25) is 0 Å². The Morgan fingerprint density at radius 3 is 2.00 bits per heavy atom. The Hall–Kier alpha value is -0.330. The molecule has 0 rings (SSSR count). The zero-order valence-corrected chi connectivity index (χ0v) is 10.6. The van der Waals surface area contributed by atoms with Crippen molar-refractivity contribution in [2.45, 2.75) is 46.3 Å². The van der Waals surface area contributed by atoms with Crippen LogP contribution in [-0.4, -0.2) is 18.8 Å². The van der Waals surface area contributed by atoms with Crippen molar-refractivity contribution < 1.29 is 18.1 Å². The molecule has 0 unspecified atom stereocenters. The molecule has 0 aliphatic rings. The summed E-state index contributed by atoms with van der Waals surface area (Å²) in [5, 5.41) is 0. The molecule has 0 bridgehead atoms. The van der Waals surface area contributed by atoms with Gasteiger partial charge >= 0.3 is 7.82 Å². The third kappa shape index (κ3) is 7.58. The highest BCUT2D eigenvalue weighted by atomic mass is 31.2. The fourth-order valence-corrected chi connectivity index (χ4v) is 2.34. The molecule has 0 spiro atoms. The van der Waals surface area contributed by atoms with E-state index < -0.39 is 7.82 Å². The minimum absolute atomic E-state index is 0.174. The fraction of sp³-hybridized carbons (Fsp3) is 0.800. The first-order valence-electron chi connectivity index (χ1n) is 4.94. The van der Waals surface area contributed by atoms with Gasteiger partial charge in [-0.25, -0.2) is 4.57 Å². The molecule has 0 aromatic rings. The Balaban J connectivity index is 4.29. The molecule has 88 valence electrons. The van der Waals surface area contributed by atoms with Crippen molar-refractivity contribution >= 4 is 7.82 Å². The predicted octanol–water partition coefficient (Wildman–Crippen LogP) is 2.98. The maximum atomic E-state index is 12.0. The second-order valence-corrected chi connectivity index (χ2v) is 5.12. The summed E-state index contributed by atoms with van der Waals surface area (Å²) < 4.78 is 27.3. The lowest BCUT2D eigenvalue weighted by Gasteiger charge is -2.21. The van der Waals surface area contributed by atoms with Crippen LogP contribution in [0, 0.1) is 12.3 Å². The van der Waals surface area contributed by atoms with Crippen LogP contribution in [0.4, 0.5) is 0 Å². The number of hydrogen-bond acceptors (Lipinski definition) is 4. The molecule has 0 aliphatic carbocycles. The standard InChI is InChI=1S/C10H19O4P/c1-6-7-8-12-15(11,13-9(2)3)14-10(4)5/h1,9-10H,7-8H2,2-5H3. The summed E-state index contributed by atoms with van der Waals surface area (Å²) in [6, 6.07) is 0. The lowest BCUT2D eigenvalue weighted by molar-refractivity contribution is 0.0734. The van der Waals surface area contributed by atoms with E-state index in [1.54, 1.807) is 27.7 Å². The average Bonchev–Trinajstić information content (AvgIpc) is 2.00. The highest BCUT2D eigenvalue weighted by molar-refractivity contribution is 7.48. The van der Waals surface area contributed by atoms with Gasteiger partial charge in [-0.2, -0.15) is 0 Å². The van der Waals surface area contributed by atoms with Crippen molar-refractivity contribution in [1.29, 1.82) is 0 Å². The second-order valence-electron chi connectivity index (χ2n) is 3.54. The largest absolute Gasteiger partial charge is 0.475 e. The van der Waals surface area contributed by atoms with E-state index in [0.717, 1.165) is 0 Å². The van der Waals surface area contributed by atoms with Gasteiger partial charge in [0.05, 0.1) is 18.8 Å². The van der Waals surface area contributed by atoms with E-state index in [1.165, 1.54) is 0 Å². The van der Waals surface area contributed by atoms with Crippen LogP contribution in [0.3, 0.4) is 0 Å². The SMILES string of the molecule is C#CCCOP(=O)(OC(C)C)OC(C)C. The van der Waals surface area contributed by atoms with Gasteiger partial charge in [0, 0.05) is 6.42 Å². The lowest BCUT2D eigenvalue weighted by atomic mass is 10.5. The van der Waals surface area contributed by atoms with Crippen LogP contribution in [-0.2, 0) is 18.1 Å². The molecule has 15 heavy (non-hydrogen) atoms. The van der Waals surface area contributed by atoms with E-state index in [4.69, 9.17) is 20.0 Å². The normalized spacial score (nSPS) is 12.1. The fourth-order valence-electron chi connectivity index (χ4n) is 0.818. The predicted molar refractivity (Wildman–Crippen MR) is 59.5 cm³/mol. The molecule has 0 atom stereocenters. The zero-order valence-electron chi connectivity index (χ0n) is 9.73. The summed E-state index contributed by atoms with van der Waals surface area (Å²) in [7, 11) is -3.46. The summed E-state index contributed by atoms with van der Waals surface area (Å²) >= 11 is 0. The molecule has 5 heteroatoms. The molecule has 0 fully saturated rings. The van der Waals surface area contributed by atoms with Gasteiger partial charge in [-0.15, -0.1) is 12.3 Å². The number of terminal acetylenes is 1. The van der Waals surface area contributed by atoms with E-state index in [-0.39, 0.29) is 18.8 Å². The molecule has 0 N–H and O–H groups in total. The summed E-state index contributed by atoms with van der Waals surface area (Å²) in [6.45, 7) is 7.23. The van der Waals surface area contributed by atoms with E-state index in [0.29, 0.717) is 6.42 Å². The Kier molecular flexibility index (Phi) is 6.87. The van der Waals surface area contributed by atoms with Crippen LogP contribution in [0.1, 0.15) is 34.1 Å². The first-order chi connectivity index (χ1) is 6.89. The summed E-state index contributed by atoms with van der Waals surface area (Å²) in [6.07, 6.45) is 5.00. The minimum atomic E-state index is -3.46. The summed E-state index contributed by atoms with van der Waals surface area (Å²) in [5.41, 5.74) is 0. The zero-order chi connectivity index (χ0) is 11.9. The van der Waals surface area contributed by atoms with Crippen molar-refractivity contribution in [2.75, 3.05) is 6.61 Å². The molecule has 0 aromatic heterocycles. The molecule has 0 aromatic carbocycles. The molecule has 0 heterocycles. The van der Waals surface area contributed by atoms with E-state index in [1.807, 2.05) is 0 Å². The third-order valence-electron chi connectivity index (χ3n) is 1.18. The van der Waals surface area contributed by atoms with Gasteiger partial charge in [0.25, 0.3) is 0 Å². The van der Waals surface area contributed by atoms with Gasteiger partial charge in [0.15, 0.2) is 0 Å². The van der Waals surface area contributed by atoms with Gasteiger partial charge in [-0.05, 0) is 27.7 Å². The lowest BCUT2D eigenvalue weighted by Crippen LogP contribution is -2.10. The van der Waals surface area contributed by atoms with Crippen LogP contribution < -0.4 is 0 Å². The van der Waals surface area contributed by atoms with Crippen LogP contribution >= 0.6 is 7.82 Å². The molecule has 0 saturated heterocycles. The van der Waals surface area contributed by atoms with E-state index in [9.17, 15) is 4.57 Å². The molecule has 4 nitrogen and oxygen atoms in total. The van der Waals surface area contributed by atoms with E-state index >= 15 is 0 Å². The Labute approximate surface area is 91.9 Å². The Morgan fingerprint density at radius 1 is 1.20 bits per heavy atom. The first kappa shape index (κ1) is 14.7. The average molecular weight is 234 g/mol. The third-order valence-corrected chi connectivity index (χ3v) is 3.03. The number of rotatable bonds is 7. The first-order valence-corrected chi connectivity index (χ1v) is 6.40. The second kappa shape index (κ2) is 7.03. The highest BCUT2D eigenvalue weighted by Gasteiger charge is 2.29. The molecule has 0 amide bonds. The van der Waals surface area contributed by atoms with Gasteiger partial charge in [-0.1, -0.05) is 0 Å². The van der Waals surface area contributed by atoms with Gasteiger partial charge in [0.1, 0.15) is 0 Å². The Bertz CT molecular complexity index is 241. The van der Waals surface area contributed by atoms with Gasteiger partial charge in [0.2, 0.25) is 0 Å². The number of phosphoric acid groups is 1. The summed E-state index contributed by atoms with van der Waals surface area (Å²) in [4.78, 5) is 0. The van der Waals surface area contributed by atoms with Gasteiger partial charge < -0.3 is 0 Å². The quantitative estimate of drug-likeness (QED) is 0.386. The van der Waals surface area contributed by atoms with Gasteiger partial charge in [-0.3, -0.25) is 13.6 Å². The molecule has 0 saturated carbocycles. The number of phosphoric ester groups is 1. The monoisotopic (exact) mass is 234 g/mol. The van der Waals surface area contributed by atoms with Crippen molar-refractivity contribution in [3.05, 3.63) is 0 Å². The minimum Gasteiger partial charge on any atom is -0.286 e. The van der Waals surface area contributed by atoms with E-state index in [2.05, 4.69) is 5.92 Å². The van der Waals surface area contributed by atoms with Crippen LogP contribution in [0.5, 0.6) is 0 Å². The molecular weight excluding hydrogens is 215 g/mol. The number of hydrogen-bond donors (Lipinski definition) is 0. The molecule has 0 aliphatic heterocycles. The Morgan fingerprint density at radius 2 is 1.67 bits per heavy atom.